The topological polar surface area (TPSA) is 33.1 Å². The summed E-state index contributed by atoms with van der Waals surface area (Å²) < 4.78 is 0.998. The summed E-state index contributed by atoms with van der Waals surface area (Å²) in [5.74, 6) is 0.245. The van der Waals surface area contributed by atoms with Crippen LogP contribution < -0.4 is 0 Å². The molecule has 0 saturated heterocycles. The zero-order valence-corrected chi connectivity index (χ0v) is 8.67. The summed E-state index contributed by atoms with van der Waals surface area (Å²) in [6.45, 7) is 1.79. The lowest BCUT2D eigenvalue weighted by Gasteiger charge is -2.01. The monoisotopic (exact) mass is 237 g/mol. The summed E-state index contributed by atoms with van der Waals surface area (Å²) in [6.07, 6.45) is 0. The van der Waals surface area contributed by atoms with E-state index in [1.165, 1.54) is 0 Å². The van der Waals surface area contributed by atoms with Gasteiger partial charge in [-0.2, -0.15) is 0 Å². The molecule has 1 N–H and O–H groups in total. The van der Waals surface area contributed by atoms with Crippen LogP contribution in [0.5, 0.6) is 5.75 Å². The number of fused-ring (bicyclic) bond motifs is 1. The van der Waals surface area contributed by atoms with Crippen molar-refractivity contribution in [3.05, 3.63) is 34.4 Å². The summed E-state index contributed by atoms with van der Waals surface area (Å²) in [5, 5.41) is 10.4. The van der Waals surface area contributed by atoms with E-state index in [0.717, 1.165) is 15.4 Å². The summed E-state index contributed by atoms with van der Waals surface area (Å²) >= 11 is 3.37. The number of halogens is 1. The fourth-order valence-corrected chi connectivity index (χ4v) is 1.57. The highest BCUT2D eigenvalue weighted by atomic mass is 79.9. The minimum absolute atomic E-state index is 0.245. The minimum atomic E-state index is 0.245. The lowest BCUT2D eigenvalue weighted by atomic mass is 10.2. The van der Waals surface area contributed by atoms with Crippen molar-refractivity contribution in [3.63, 3.8) is 0 Å². The van der Waals surface area contributed by atoms with Gasteiger partial charge in [0.05, 0.1) is 11.2 Å². The highest BCUT2D eigenvalue weighted by molar-refractivity contribution is 9.10. The van der Waals surface area contributed by atoms with Crippen LogP contribution in [-0.4, -0.2) is 10.1 Å². The SMILES string of the molecule is Cc1nc2cc(Br)ccc2cc1O. The minimum Gasteiger partial charge on any atom is -0.506 e. The fourth-order valence-electron chi connectivity index (χ4n) is 1.23. The molecule has 0 aliphatic heterocycles. The number of rotatable bonds is 0. The molecule has 13 heavy (non-hydrogen) atoms. The Morgan fingerprint density at radius 1 is 1.31 bits per heavy atom. The standard InChI is InChI=1S/C10H8BrNO/c1-6-10(13)4-7-2-3-8(11)5-9(7)12-6/h2-5,13H,1H3. The lowest BCUT2D eigenvalue weighted by molar-refractivity contribution is 0.469. The van der Waals surface area contributed by atoms with Crippen LogP contribution >= 0.6 is 15.9 Å². The molecule has 1 heterocycles. The number of aromatic hydroxyl groups is 1. The molecule has 2 aromatic rings. The first-order valence-corrected chi connectivity index (χ1v) is 4.72. The van der Waals surface area contributed by atoms with Gasteiger partial charge in [-0.1, -0.05) is 22.0 Å². The smallest absolute Gasteiger partial charge is 0.137 e. The van der Waals surface area contributed by atoms with Gasteiger partial charge < -0.3 is 5.11 Å². The van der Waals surface area contributed by atoms with Gasteiger partial charge in [-0.3, -0.25) is 0 Å². The molecule has 1 aromatic carbocycles. The van der Waals surface area contributed by atoms with E-state index >= 15 is 0 Å². The van der Waals surface area contributed by atoms with Crippen molar-refractivity contribution in [2.24, 2.45) is 0 Å². The van der Waals surface area contributed by atoms with Gasteiger partial charge in [0.15, 0.2) is 0 Å². The van der Waals surface area contributed by atoms with Crippen LogP contribution in [0.2, 0.25) is 0 Å². The van der Waals surface area contributed by atoms with Gasteiger partial charge >= 0.3 is 0 Å². The predicted molar refractivity (Wildman–Crippen MR) is 55.8 cm³/mol. The molecule has 0 atom stereocenters. The average molecular weight is 238 g/mol. The first-order valence-electron chi connectivity index (χ1n) is 3.93. The predicted octanol–water partition coefficient (Wildman–Crippen LogP) is 3.01. The second-order valence-corrected chi connectivity index (χ2v) is 3.85. The van der Waals surface area contributed by atoms with Gasteiger partial charge in [-0.05, 0) is 25.1 Å². The maximum Gasteiger partial charge on any atom is 0.137 e. The maximum absolute atomic E-state index is 9.41. The Labute approximate surface area is 84.4 Å². The maximum atomic E-state index is 9.41. The van der Waals surface area contributed by atoms with Gasteiger partial charge in [-0.15, -0.1) is 0 Å². The average Bonchev–Trinajstić information content (AvgIpc) is 2.08. The summed E-state index contributed by atoms with van der Waals surface area (Å²) in [7, 11) is 0. The highest BCUT2D eigenvalue weighted by Crippen LogP contribution is 2.23. The Balaban J connectivity index is 2.81. The van der Waals surface area contributed by atoms with Crippen molar-refractivity contribution < 1.29 is 5.11 Å². The van der Waals surface area contributed by atoms with Crippen molar-refractivity contribution in [1.29, 1.82) is 0 Å². The first-order chi connectivity index (χ1) is 6.16. The third-order valence-electron chi connectivity index (χ3n) is 1.94. The molecule has 0 spiro atoms. The molecule has 0 bridgehead atoms. The van der Waals surface area contributed by atoms with Gasteiger partial charge in [0.1, 0.15) is 5.75 Å². The molecule has 0 fully saturated rings. The Morgan fingerprint density at radius 2 is 2.08 bits per heavy atom. The van der Waals surface area contributed by atoms with E-state index in [1.807, 2.05) is 18.2 Å². The van der Waals surface area contributed by atoms with E-state index in [0.29, 0.717) is 5.69 Å². The molecule has 1 aromatic heterocycles. The molecule has 66 valence electrons. The molecule has 0 unspecified atom stereocenters. The largest absolute Gasteiger partial charge is 0.506 e. The van der Waals surface area contributed by atoms with E-state index in [9.17, 15) is 5.11 Å². The number of hydrogen-bond donors (Lipinski definition) is 1. The zero-order valence-electron chi connectivity index (χ0n) is 7.08. The number of aromatic nitrogens is 1. The normalized spacial score (nSPS) is 10.6. The fraction of sp³-hybridized carbons (Fsp3) is 0.100. The van der Waals surface area contributed by atoms with Crippen molar-refractivity contribution in [2.45, 2.75) is 6.92 Å². The van der Waals surface area contributed by atoms with E-state index in [1.54, 1.807) is 13.0 Å². The number of aryl methyl sites for hydroxylation is 1. The van der Waals surface area contributed by atoms with Gasteiger partial charge in [0.2, 0.25) is 0 Å². The van der Waals surface area contributed by atoms with E-state index in [-0.39, 0.29) is 5.75 Å². The van der Waals surface area contributed by atoms with E-state index in [2.05, 4.69) is 20.9 Å². The molecule has 3 heteroatoms. The summed E-state index contributed by atoms with van der Waals surface area (Å²) in [4.78, 5) is 4.26. The van der Waals surface area contributed by atoms with E-state index < -0.39 is 0 Å². The summed E-state index contributed by atoms with van der Waals surface area (Å²) in [5.41, 5.74) is 1.55. The molecule has 0 aliphatic carbocycles. The van der Waals surface area contributed by atoms with Crippen molar-refractivity contribution in [3.8, 4) is 5.75 Å². The third-order valence-corrected chi connectivity index (χ3v) is 2.44. The molecular weight excluding hydrogens is 230 g/mol. The van der Waals surface area contributed by atoms with Crippen LogP contribution in [0.15, 0.2) is 28.7 Å². The van der Waals surface area contributed by atoms with Crippen molar-refractivity contribution in [1.82, 2.24) is 4.98 Å². The molecular formula is C10H8BrNO. The molecule has 0 amide bonds. The van der Waals surface area contributed by atoms with Gasteiger partial charge in [0.25, 0.3) is 0 Å². The quantitative estimate of drug-likeness (QED) is 0.765. The zero-order chi connectivity index (χ0) is 9.42. The van der Waals surface area contributed by atoms with Crippen LogP contribution in [-0.2, 0) is 0 Å². The first kappa shape index (κ1) is 8.51. The Kier molecular flexibility index (Phi) is 1.96. The Bertz CT molecular complexity index is 468. The van der Waals surface area contributed by atoms with E-state index in [4.69, 9.17) is 0 Å². The number of pyridine rings is 1. The second-order valence-electron chi connectivity index (χ2n) is 2.93. The van der Waals surface area contributed by atoms with Crippen LogP contribution in [0.4, 0.5) is 0 Å². The molecule has 0 aliphatic rings. The molecule has 0 saturated carbocycles. The highest BCUT2D eigenvalue weighted by Gasteiger charge is 2.01. The van der Waals surface area contributed by atoms with Crippen molar-refractivity contribution in [2.75, 3.05) is 0 Å². The summed E-state index contributed by atoms with van der Waals surface area (Å²) in [6, 6.07) is 7.51. The third kappa shape index (κ3) is 1.52. The molecule has 0 radical (unpaired) electrons. The molecule has 2 rings (SSSR count). The second kappa shape index (κ2) is 3.00. The number of benzene rings is 1. The van der Waals surface area contributed by atoms with Gasteiger partial charge in [-0.25, -0.2) is 4.98 Å². The number of hydrogen-bond acceptors (Lipinski definition) is 2. The van der Waals surface area contributed by atoms with Crippen molar-refractivity contribution >= 4 is 26.8 Å². The molecule has 2 nitrogen and oxygen atoms in total. The number of nitrogens with zero attached hydrogens (tertiary/aromatic N) is 1. The van der Waals surface area contributed by atoms with Gasteiger partial charge in [0, 0.05) is 9.86 Å². The van der Waals surface area contributed by atoms with Crippen LogP contribution in [0.25, 0.3) is 10.9 Å². The van der Waals surface area contributed by atoms with Crippen LogP contribution in [0, 0.1) is 6.92 Å². The Morgan fingerprint density at radius 3 is 2.85 bits per heavy atom. The van der Waals surface area contributed by atoms with Crippen LogP contribution in [0.1, 0.15) is 5.69 Å². The Hall–Kier alpha value is -1.09. The lowest BCUT2D eigenvalue weighted by Crippen LogP contribution is -1.84. The van der Waals surface area contributed by atoms with Crippen LogP contribution in [0.3, 0.4) is 0 Å².